The molecule has 2 aliphatic rings. The van der Waals surface area contributed by atoms with Gasteiger partial charge in [-0.25, -0.2) is 9.97 Å². The van der Waals surface area contributed by atoms with Crippen molar-refractivity contribution in [2.75, 3.05) is 0 Å². The van der Waals surface area contributed by atoms with Gasteiger partial charge in [-0.3, -0.25) is 0 Å². The fourth-order valence-corrected chi connectivity index (χ4v) is 11.1. The summed E-state index contributed by atoms with van der Waals surface area (Å²) in [6, 6.07) is 20.7. The molecule has 0 saturated heterocycles. The van der Waals surface area contributed by atoms with E-state index in [1.165, 1.54) is 146 Å². The van der Waals surface area contributed by atoms with E-state index in [4.69, 9.17) is 19.9 Å². The number of alkyl halides is 28. The van der Waals surface area contributed by atoms with Gasteiger partial charge in [0.2, 0.25) is 22.8 Å². The molecule has 7 aromatic heterocycles. The van der Waals surface area contributed by atoms with Gasteiger partial charge in [-0.15, -0.1) is 22.1 Å². The second kappa shape index (κ2) is 28.2. The Bertz CT molecular complexity index is 3850. The van der Waals surface area contributed by atoms with Crippen molar-refractivity contribution >= 4 is 46.4 Å². The Hall–Kier alpha value is -8.24. The number of halogens is 28. The molecule has 0 amide bonds. The van der Waals surface area contributed by atoms with Crippen molar-refractivity contribution in [1.82, 2.24) is 19.9 Å². The van der Waals surface area contributed by atoms with Crippen molar-refractivity contribution in [2.24, 2.45) is 0 Å². The number of nitrogens with zero attached hydrogens (tertiary/aromatic N) is 8. The van der Waals surface area contributed by atoms with Gasteiger partial charge in [-0.2, -0.15) is 141 Å². The van der Waals surface area contributed by atoms with Crippen LogP contribution in [0.5, 0.6) is 0 Å². The molecule has 0 N–H and O–H groups in total. The molecular formula is C64H48F28MnN8+4. The van der Waals surface area contributed by atoms with Gasteiger partial charge in [0.05, 0.1) is 45.0 Å². The molecule has 9 rings (SSSR count). The molecule has 8 bridgehead atoms. The van der Waals surface area contributed by atoms with Gasteiger partial charge in [0.15, 0.2) is 24.8 Å². The van der Waals surface area contributed by atoms with Gasteiger partial charge in [-0.1, -0.05) is 24.3 Å². The molecule has 37 heteroatoms. The summed E-state index contributed by atoms with van der Waals surface area (Å²) in [6.45, 7) is -3.07. The largest absolute Gasteiger partial charge is 2.00 e. The van der Waals surface area contributed by atoms with E-state index in [-0.39, 0.29) is 107 Å². The Balaban J connectivity index is 0.0000130. The molecular weight excluding hydrogens is 1470 g/mol. The Morgan fingerprint density at radius 1 is 0.267 bits per heavy atom. The molecule has 2 aliphatic heterocycles. The second-order valence-electron chi connectivity index (χ2n) is 23.0. The first-order chi connectivity index (χ1) is 46.2. The maximum Gasteiger partial charge on any atom is 2.00 e. The van der Waals surface area contributed by atoms with Crippen LogP contribution in [-0.4, -0.2) is 82.1 Å². The Morgan fingerprint density at radius 3 is 0.634 bits per heavy atom. The molecule has 0 atom stereocenters. The van der Waals surface area contributed by atoms with E-state index in [0.29, 0.717) is 0 Å². The summed E-state index contributed by atoms with van der Waals surface area (Å²) in [5, 5.41) is 0. The van der Waals surface area contributed by atoms with E-state index in [9.17, 15) is 123 Å². The van der Waals surface area contributed by atoms with Gasteiger partial charge in [0.25, 0.3) is 0 Å². The van der Waals surface area contributed by atoms with E-state index < -0.39 is 150 Å². The molecule has 0 aromatic carbocycles. The summed E-state index contributed by atoms with van der Waals surface area (Å²) in [5.41, 5.74) is -2.80. The number of pyridine rings is 4. The van der Waals surface area contributed by atoms with Crippen LogP contribution in [-0.2, 0) is 43.2 Å². The summed E-state index contributed by atoms with van der Waals surface area (Å²) in [7, 11) is 0. The van der Waals surface area contributed by atoms with Gasteiger partial charge < -0.3 is 9.97 Å². The zero-order valence-electron chi connectivity index (χ0n) is 50.9. The third kappa shape index (κ3) is 15.3. The van der Waals surface area contributed by atoms with Crippen molar-refractivity contribution in [3.8, 4) is 45.0 Å². The third-order valence-corrected chi connectivity index (χ3v) is 16.2. The minimum absolute atomic E-state index is 0. The molecule has 0 unspecified atom stereocenters. The summed E-state index contributed by atoms with van der Waals surface area (Å²) in [5.74, 6) is -48.8. The number of rotatable bonds is 24. The van der Waals surface area contributed by atoms with E-state index >= 15 is 0 Å². The Kier molecular flexibility index (Phi) is 21.9. The van der Waals surface area contributed by atoms with E-state index in [1.54, 1.807) is 0 Å². The topological polar surface area (TPSA) is 69.5 Å². The van der Waals surface area contributed by atoms with Crippen molar-refractivity contribution in [2.45, 2.75) is 150 Å². The van der Waals surface area contributed by atoms with Crippen LogP contribution in [0.15, 0.2) is 122 Å². The average Bonchev–Trinajstić information content (AvgIpc) is 1.74. The van der Waals surface area contributed by atoms with Crippen LogP contribution in [0.2, 0.25) is 0 Å². The van der Waals surface area contributed by atoms with Crippen LogP contribution < -0.4 is 28.2 Å². The zero-order valence-corrected chi connectivity index (χ0v) is 52.1. The predicted octanol–water partition coefficient (Wildman–Crippen LogP) is 18.2. The number of aromatic nitrogens is 8. The van der Waals surface area contributed by atoms with E-state index in [2.05, 4.69) is 0 Å². The van der Waals surface area contributed by atoms with Crippen molar-refractivity contribution < 1.29 is 158 Å². The van der Waals surface area contributed by atoms with Crippen LogP contribution in [0.1, 0.15) is 74.1 Å². The zero-order chi connectivity index (χ0) is 73.8. The number of hydrogen-bond acceptors (Lipinski definition) is 2. The normalized spacial score (nSPS) is 14.1. The number of fused-ring (bicyclic) bond motifs is 8. The first-order valence-corrected chi connectivity index (χ1v) is 29.5. The van der Waals surface area contributed by atoms with Crippen molar-refractivity contribution in [3.05, 3.63) is 145 Å². The Labute approximate surface area is 562 Å². The first kappa shape index (κ1) is 78.5. The standard InChI is InChI=1S/C64H48F28N8.Mn/c65-53(66,57(73,74)61(81,82)83)25-9-33-97-29-5-1-13-45(97)49-37-17-19-39(93-37)50(46-14-2-6-30-98(46)34-10-26-54(67,68)58(75,76)62(84,85)86)41-21-23-43(95-41)52(48-16-4-8-32-100(48)36-12-28-56(71,72)60(79,80)64(90,91)92)44-24-22-42(96-44)51(40-20-18-38(49)94-40)47-15-3-7-31-99(47)35-11-27-55(69,70)59(77,78)63(87,88)89;/h1-8,13-24,29-32H,9-12,25-28,33-36H2;/q2*+2. The minimum atomic E-state index is -6.70. The first-order valence-electron chi connectivity index (χ1n) is 29.5. The molecule has 0 aliphatic carbocycles. The van der Waals surface area contributed by atoms with Crippen LogP contribution in [0.25, 0.3) is 91.4 Å². The van der Waals surface area contributed by atoms with E-state index in [1.807, 2.05) is 0 Å². The molecule has 543 valence electrons. The van der Waals surface area contributed by atoms with Crippen molar-refractivity contribution in [1.29, 1.82) is 0 Å². The maximum absolute atomic E-state index is 14.8. The van der Waals surface area contributed by atoms with Gasteiger partial charge in [0.1, 0.15) is 26.2 Å². The fraction of sp³-hybridized carbons (Fsp3) is 0.375. The predicted molar refractivity (Wildman–Crippen MR) is 300 cm³/mol. The Morgan fingerprint density at radius 2 is 0.455 bits per heavy atom. The number of hydrogen-bond donors (Lipinski definition) is 0. The maximum atomic E-state index is 14.8. The summed E-state index contributed by atoms with van der Waals surface area (Å²) in [4.78, 5) is 19.4. The monoisotopic (exact) mass is 1520 g/mol. The van der Waals surface area contributed by atoms with Crippen LogP contribution in [0.4, 0.5) is 123 Å². The smallest absolute Gasteiger partial charge is 0.656 e. The molecule has 7 aromatic rings. The molecule has 101 heavy (non-hydrogen) atoms. The van der Waals surface area contributed by atoms with Gasteiger partial charge >= 0.3 is 89.2 Å². The quantitative estimate of drug-likeness (QED) is 0.0343. The molecule has 1 radical (unpaired) electrons. The second-order valence-corrected chi connectivity index (χ2v) is 23.0. The third-order valence-electron chi connectivity index (χ3n) is 16.2. The summed E-state index contributed by atoms with van der Waals surface area (Å²) < 4.78 is 396. The van der Waals surface area contributed by atoms with Crippen LogP contribution >= 0.6 is 0 Å². The van der Waals surface area contributed by atoms with Crippen LogP contribution in [0.3, 0.4) is 0 Å². The number of aryl methyl sites for hydroxylation is 4. The van der Waals surface area contributed by atoms with Gasteiger partial charge in [-0.05, 0) is 48.6 Å². The molecule has 0 spiro atoms. The summed E-state index contributed by atoms with van der Waals surface area (Å²) >= 11 is 0. The van der Waals surface area contributed by atoms with E-state index in [0.717, 1.165) is 18.3 Å². The average molecular weight is 1520 g/mol. The molecule has 8 nitrogen and oxygen atoms in total. The fourth-order valence-electron chi connectivity index (χ4n) is 11.1. The SMILES string of the molecule is FC(F)(F)C(F)(F)C(F)(F)CCC[n+]1ccccc1-c1c2nc(c(-c3cccc[n+]3CCCC(F)(F)C(F)(F)C(F)(F)F)c3ccc([n-]3)c(-c3cccc[n+]3CCCC(F)(F)C(F)(F)C(F)(F)F)c3nc(c(-c4cccc[n+]4CCCC(F)(F)C(F)(F)C(F)(F)F)c4ccc1[n-]4)C=C3)C=C2.[Mn+2]. The molecule has 9 heterocycles. The van der Waals surface area contributed by atoms with Crippen molar-refractivity contribution in [3.63, 3.8) is 0 Å². The molecule has 0 fully saturated rings. The summed E-state index contributed by atoms with van der Waals surface area (Å²) in [6.07, 6.45) is -29.7. The van der Waals surface area contributed by atoms with Gasteiger partial charge in [0, 0.05) is 99.9 Å². The minimum Gasteiger partial charge on any atom is -0.656 e. The molecule has 0 saturated carbocycles. The van der Waals surface area contributed by atoms with Crippen LogP contribution in [0, 0.1) is 0 Å².